The number of sulfone groups is 1. The van der Waals surface area contributed by atoms with Crippen LogP contribution in [-0.2, 0) is 14.6 Å². The van der Waals surface area contributed by atoms with Gasteiger partial charge in [0.05, 0.1) is 35.0 Å². The average Bonchev–Trinajstić information content (AvgIpc) is 3.15. The summed E-state index contributed by atoms with van der Waals surface area (Å²) in [4.78, 5) is 16.3. The number of anilines is 1. The van der Waals surface area contributed by atoms with Crippen molar-refractivity contribution in [2.45, 2.75) is 11.3 Å². The highest BCUT2D eigenvalue weighted by Gasteiger charge is 2.26. The Kier molecular flexibility index (Phi) is 7.87. The number of benzene rings is 1. The van der Waals surface area contributed by atoms with E-state index in [4.69, 9.17) is 21.1 Å². The van der Waals surface area contributed by atoms with Crippen molar-refractivity contribution >= 4 is 46.7 Å². The zero-order valence-electron chi connectivity index (χ0n) is 15.4. The van der Waals surface area contributed by atoms with Gasteiger partial charge in [0, 0.05) is 12.8 Å². The van der Waals surface area contributed by atoms with Gasteiger partial charge >= 0.3 is 0 Å². The summed E-state index contributed by atoms with van der Waals surface area (Å²) in [7, 11) is -2.29. The van der Waals surface area contributed by atoms with E-state index in [0.717, 1.165) is 6.07 Å². The summed E-state index contributed by atoms with van der Waals surface area (Å²) in [6.07, 6.45) is 1.85. The molecule has 0 bridgehead atoms. The number of carbonyl (C=O) groups excluding carboxylic acids is 1. The summed E-state index contributed by atoms with van der Waals surface area (Å²) in [6.45, 7) is 0.931. The van der Waals surface area contributed by atoms with Crippen molar-refractivity contribution in [1.29, 1.82) is 0 Å². The molecule has 2 heterocycles. The maximum atomic E-state index is 13.9. The molecule has 1 fully saturated rings. The molecule has 2 aromatic rings. The lowest BCUT2D eigenvalue weighted by molar-refractivity contribution is 0.102. The van der Waals surface area contributed by atoms with E-state index in [2.05, 4.69) is 10.3 Å². The van der Waals surface area contributed by atoms with Gasteiger partial charge in [-0.15, -0.1) is 0 Å². The quantitative estimate of drug-likeness (QED) is 0.709. The predicted molar refractivity (Wildman–Crippen MR) is 112 cm³/mol. The van der Waals surface area contributed by atoms with Gasteiger partial charge in [0.1, 0.15) is 5.75 Å². The molecule has 1 N–H and O–H groups in total. The van der Waals surface area contributed by atoms with E-state index in [1.807, 2.05) is 0 Å². The number of nitrogens with zero attached hydrogens (tertiary/aromatic N) is 1. The van der Waals surface area contributed by atoms with E-state index in [1.54, 1.807) is 0 Å². The molecule has 1 aromatic heterocycles. The monoisotopic (exact) mass is 462 g/mol. The third-order valence-corrected chi connectivity index (χ3v) is 6.38. The van der Waals surface area contributed by atoms with E-state index in [9.17, 15) is 17.6 Å². The van der Waals surface area contributed by atoms with Crippen LogP contribution in [0.1, 0.15) is 16.8 Å². The number of ether oxygens (including phenoxy) is 2. The summed E-state index contributed by atoms with van der Waals surface area (Å²) >= 11 is 5.65. The van der Waals surface area contributed by atoms with Crippen LogP contribution in [0.5, 0.6) is 5.75 Å². The molecule has 0 radical (unpaired) electrons. The van der Waals surface area contributed by atoms with Crippen molar-refractivity contribution < 1.29 is 27.1 Å². The van der Waals surface area contributed by atoms with Crippen molar-refractivity contribution in [3.05, 3.63) is 46.9 Å². The van der Waals surface area contributed by atoms with Crippen LogP contribution in [-0.4, -0.2) is 45.4 Å². The number of hydrogen-bond donors (Lipinski definition) is 1. The second-order valence-corrected chi connectivity index (χ2v) is 8.78. The van der Waals surface area contributed by atoms with Gasteiger partial charge in [-0.2, -0.15) is 13.5 Å². The van der Waals surface area contributed by atoms with Crippen molar-refractivity contribution in [2.75, 3.05) is 31.4 Å². The normalized spacial score (nSPS) is 16.2. The number of aromatic nitrogens is 1. The number of carbonyl (C=O) groups is 1. The molecular weight excluding hydrogens is 443 g/mol. The third-order valence-electron chi connectivity index (χ3n) is 4.29. The first-order valence-corrected chi connectivity index (χ1v) is 10.4. The highest BCUT2D eigenvalue weighted by molar-refractivity contribution is 7.91. The Morgan fingerprint density at radius 1 is 1.41 bits per heavy atom. The SMILES string of the molecule is COc1ccc(S(=O)(=O)C[C@H]2CCOC2)cc1C(=O)Nc1ncc(Cl)cc1F.S. The second-order valence-electron chi connectivity index (χ2n) is 6.31. The minimum absolute atomic E-state index is 0. The zero-order valence-corrected chi connectivity index (χ0v) is 18.0. The number of amides is 1. The van der Waals surface area contributed by atoms with Gasteiger partial charge in [0.15, 0.2) is 21.5 Å². The molecule has 1 atom stereocenters. The van der Waals surface area contributed by atoms with Crippen LogP contribution in [0, 0.1) is 11.7 Å². The van der Waals surface area contributed by atoms with Gasteiger partial charge in [0.25, 0.3) is 5.91 Å². The summed E-state index contributed by atoms with van der Waals surface area (Å²) in [5.41, 5.74) is -0.0533. The lowest BCUT2D eigenvalue weighted by Crippen LogP contribution is -2.19. The van der Waals surface area contributed by atoms with Gasteiger partial charge in [0.2, 0.25) is 0 Å². The Balaban J connectivity index is 0.00000300. The summed E-state index contributed by atoms with van der Waals surface area (Å²) in [5, 5.41) is 2.38. The summed E-state index contributed by atoms with van der Waals surface area (Å²) in [6, 6.07) is 4.99. The Bertz CT molecular complexity index is 998. The van der Waals surface area contributed by atoms with Gasteiger partial charge < -0.3 is 14.8 Å². The average molecular weight is 463 g/mol. The molecule has 3 rings (SSSR count). The van der Waals surface area contributed by atoms with Gasteiger partial charge in [-0.05, 0) is 36.6 Å². The van der Waals surface area contributed by atoms with Gasteiger partial charge in [-0.1, -0.05) is 11.6 Å². The fourth-order valence-electron chi connectivity index (χ4n) is 2.86. The van der Waals surface area contributed by atoms with E-state index < -0.39 is 21.6 Å². The molecule has 29 heavy (non-hydrogen) atoms. The van der Waals surface area contributed by atoms with Crippen LogP contribution >= 0.6 is 25.1 Å². The van der Waals surface area contributed by atoms with E-state index in [-0.39, 0.29) is 52.2 Å². The molecule has 0 unspecified atom stereocenters. The third kappa shape index (κ3) is 5.59. The topological polar surface area (TPSA) is 94.6 Å². The minimum Gasteiger partial charge on any atom is -0.496 e. The first-order chi connectivity index (χ1) is 13.3. The van der Waals surface area contributed by atoms with Crippen molar-refractivity contribution in [1.82, 2.24) is 4.98 Å². The highest BCUT2D eigenvalue weighted by atomic mass is 35.5. The molecule has 158 valence electrons. The lowest BCUT2D eigenvalue weighted by Gasteiger charge is -2.13. The molecule has 0 aliphatic carbocycles. The van der Waals surface area contributed by atoms with Crippen molar-refractivity contribution in [3.63, 3.8) is 0 Å². The maximum absolute atomic E-state index is 13.9. The molecular formula is C18H20ClFN2O5S2. The van der Waals surface area contributed by atoms with Crippen LogP contribution in [0.25, 0.3) is 0 Å². The van der Waals surface area contributed by atoms with Crippen LogP contribution in [0.3, 0.4) is 0 Å². The molecule has 11 heteroatoms. The first-order valence-electron chi connectivity index (χ1n) is 8.41. The van der Waals surface area contributed by atoms with Crippen molar-refractivity contribution in [3.8, 4) is 5.75 Å². The standard InChI is InChI=1S/C18H18ClFN2O5S.H2S/c1-26-16-3-2-13(28(24,25)10-11-4-5-27-9-11)7-14(16)18(23)22-17-15(20)6-12(19)8-21-17;/h2-3,6-8,11H,4-5,9-10H2,1H3,(H,21,22,23);1H2/t11-;/m0./s1. The van der Waals surface area contributed by atoms with Crippen LogP contribution in [0.4, 0.5) is 10.2 Å². The smallest absolute Gasteiger partial charge is 0.260 e. The Morgan fingerprint density at radius 2 is 2.17 bits per heavy atom. The van der Waals surface area contributed by atoms with E-state index in [1.165, 1.54) is 31.5 Å². The molecule has 0 saturated carbocycles. The molecule has 1 amide bonds. The molecule has 0 spiro atoms. The zero-order chi connectivity index (χ0) is 20.3. The molecule has 1 aromatic carbocycles. The van der Waals surface area contributed by atoms with Crippen LogP contribution in [0.15, 0.2) is 35.4 Å². The summed E-state index contributed by atoms with van der Waals surface area (Å²) < 4.78 is 49.7. The second kappa shape index (κ2) is 9.75. The largest absolute Gasteiger partial charge is 0.496 e. The predicted octanol–water partition coefficient (Wildman–Crippen LogP) is 3.06. The minimum atomic E-state index is -3.63. The molecule has 7 nitrogen and oxygen atoms in total. The summed E-state index contributed by atoms with van der Waals surface area (Å²) in [5.74, 6) is -1.91. The Morgan fingerprint density at radius 3 is 2.79 bits per heavy atom. The fourth-order valence-corrected chi connectivity index (χ4v) is 4.65. The fraction of sp³-hybridized carbons (Fsp3) is 0.333. The highest BCUT2D eigenvalue weighted by Crippen LogP contribution is 2.27. The molecule has 1 saturated heterocycles. The number of halogens is 2. The number of rotatable bonds is 6. The van der Waals surface area contributed by atoms with E-state index >= 15 is 0 Å². The number of hydrogen-bond acceptors (Lipinski definition) is 6. The van der Waals surface area contributed by atoms with Crippen LogP contribution in [0.2, 0.25) is 5.02 Å². The van der Waals surface area contributed by atoms with Gasteiger partial charge in [-0.3, -0.25) is 4.79 Å². The maximum Gasteiger partial charge on any atom is 0.260 e. The van der Waals surface area contributed by atoms with Gasteiger partial charge in [-0.25, -0.2) is 17.8 Å². The number of pyridine rings is 1. The molecule has 1 aliphatic rings. The lowest BCUT2D eigenvalue weighted by atomic mass is 10.2. The van der Waals surface area contributed by atoms with E-state index in [0.29, 0.717) is 19.6 Å². The first kappa shape index (κ1) is 23.4. The van der Waals surface area contributed by atoms with Crippen LogP contribution < -0.4 is 10.1 Å². The number of methoxy groups -OCH3 is 1. The van der Waals surface area contributed by atoms with Crippen molar-refractivity contribution in [2.24, 2.45) is 5.92 Å². The Hall–Kier alpha value is -1.88. The molecule has 1 aliphatic heterocycles. The number of nitrogens with one attached hydrogen (secondary N) is 1. The Labute approximate surface area is 179 Å².